The molecule has 0 radical (unpaired) electrons. The highest BCUT2D eigenvalue weighted by molar-refractivity contribution is 5.48. The molecule has 0 bridgehead atoms. The lowest BCUT2D eigenvalue weighted by atomic mass is 9.86. The fourth-order valence-electron chi connectivity index (χ4n) is 2.63. The first-order valence-corrected chi connectivity index (χ1v) is 5.39. The highest BCUT2D eigenvalue weighted by Gasteiger charge is 2.64. The van der Waals surface area contributed by atoms with Crippen LogP contribution in [0.5, 0.6) is 11.5 Å². The zero-order valence-electron chi connectivity index (χ0n) is 8.53. The molecular formula is C12H15NO2. The maximum Gasteiger partial charge on any atom is 0.157 e. The van der Waals surface area contributed by atoms with Crippen molar-refractivity contribution in [2.24, 2.45) is 5.73 Å². The molecule has 0 spiro atoms. The van der Waals surface area contributed by atoms with Gasteiger partial charge >= 0.3 is 0 Å². The summed E-state index contributed by atoms with van der Waals surface area (Å²) in [6, 6.07) is 5.10. The Morgan fingerprint density at radius 1 is 1.00 bits per heavy atom. The number of phenolic OH excluding ortho intramolecular Hbond substituents is 2. The lowest BCUT2D eigenvalue weighted by Gasteiger charge is -2.23. The van der Waals surface area contributed by atoms with Crippen molar-refractivity contribution in [3.8, 4) is 11.5 Å². The van der Waals surface area contributed by atoms with Crippen molar-refractivity contribution >= 4 is 0 Å². The van der Waals surface area contributed by atoms with Gasteiger partial charge in [0.2, 0.25) is 0 Å². The van der Waals surface area contributed by atoms with Gasteiger partial charge in [0, 0.05) is 11.0 Å². The average molecular weight is 205 g/mol. The third-order valence-electron chi connectivity index (χ3n) is 4.02. The molecule has 1 aromatic rings. The minimum absolute atomic E-state index is 0.0389. The second-order valence-electron chi connectivity index (χ2n) is 4.94. The third kappa shape index (κ3) is 1.10. The van der Waals surface area contributed by atoms with Crippen LogP contribution in [0.3, 0.4) is 0 Å². The van der Waals surface area contributed by atoms with Gasteiger partial charge in [-0.3, -0.25) is 0 Å². The summed E-state index contributed by atoms with van der Waals surface area (Å²) in [6.45, 7) is 0. The van der Waals surface area contributed by atoms with Gasteiger partial charge in [0.05, 0.1) is 0 Å². The first kappa shape index (κ1) is 9.04. The van der Waals surface area contributed by atoms with Crippen molar-refractivity contribution in [2.75, 3.05) is 0 Å². The molecule has 0 unspecified atom stereocenters. The van der Waals surface area contributed by atoms with Crippen LogP contribution in [0, 0.1) is 0 Å². The highest BCUT2D eigenvalue weighted by Crippen LogP contribution is 2.63. The number of benzene rings is 1. The molecule has 3 rings (SSSR count). The normalized spacial score (nSPS) is 24.9. The predicted molar refractivity (Wildman–Crippen MR) is 56.8 cm³/mol. The second kappa shape index (κ2) is 2.47. The van der Waals surface area contributed by atoms with E-state index in [0.717, 1.165) is 31.2 Å². The minimum Gasteiger partial charge on any atom is -0.504 e. The van der Waals surface area contributed by atoms with Gasteiger partial charge in [-0.25, -0.2) is 0 Å². The Morgan fingerprint density at radius 2 is 1.67 bits per heavy atom. The SMILES string of the molecule is NC1(C2(c3ccc(O)c(O)c3)CC2)CC1. The Labute approximate surface area is 88.5 Å². The van der Waals surface area contributed by atoms with Crippen LogP contribution < -0.4 is 5.73 Å². The van der Waals surface area contributed by atoms with Crippen molar-refractivity contribution in [3.05, 3.63) is 23.8 Å². The van der Waals surface area contributed by atoms with Crippen molar-refractivity contribution < 1.29 is 10.2 Å². The van der Waals surface area contributed by atoms with Gasteiger partial charge in [-0.2, -0.15) is 0 Å². The van der Waals surface area contributed by atoms with Crippen LogP contribution in [0.1, 0.15) is 31.2 Å². The van der Waals surface area contributed by atoms with Gasteiger partial charge in [-0.1, -0.05) is 6.07 Å². The van der Waals surface area contributed by atoms with Crippen LogP contribution in [0.2, 0.25) is 0 Å². The summed E-state index contributed by atoms with van der Waals surface area (Å²) in [4.78, 5) is 0. The molecule has 2 aliphatic rings. The van der Waals surface area contributed by atoms with Gasteiger partial charge in [0.15, 0.2) is 11.5 Å². The van der Waals surface area contributed by atoms with E-state index in [9.17, 15) is 10.2 Å². The molecule has 3 nitrogen and oxygen atoms in total. The quantitative estimate of drug-likeness (QED) is 0.643. The molecule has 0 atom stereocenters. The first-order valence-electron chi connectivity index (χ1n) is 5.39. The molecule has 3 heteroatoms. The highest BCUT2D eigenvalue weighted by atomic mass is 16.3. The lowest BCUT2D eigenvalue weighted by molar-refractivity contribution is 0.400. The Bertz CT molecular complexity index is 420. The molecule has 0 aromatic heterocycles. The molecule has 80 valence electrons. The standard InChI is InChI=1S/C12H15NO2/c13-12(5-6-12)11(3-4-11)8-1-2-9(14)10(15)7-8/h1-2,7,14-15H,3-6,13H2. The monoisotopic (exact) mass is 205 g/mol. The van der Waals surface area contributed by atoms with Crippen molar-refractivity contribution in [2.45, 2.75) is 36.6 Å². The largest absolute Gasteiger partial charge is 0.504 e. The summed E-state index contributed by atoms with van der Waals surface area (Å²) in [6.07, 6.45) is 4.37. The zero-order valence-corrected chi connectivity index (χ0v) is 8.53. The molecule has 2 saturated carbocycles. The number of hydrogen-bond donors (Lipinski definition) is 3. The van der Waals surface area contributed by atoms with E-state index >= 15 is 0 Å². The van der Waals surface area contributed by atoms with Crippen LogP contribution in [0.15, 0.2) is 18.2 Å². The van der Waals surface area contributed by atoms with Crippen LogP contribution in [0.4, 0.5) is 0 Å². The first-order chi connectivity index (χ1) is 7.07. The number of nitrogens with two attached hydrogens (primary N) is 1. The molecule has 1 aromatic carbocycles. The fourth-order valence-corrected chi connectivity index (χ4v) is 2.63. The van der Waals surface area contributed by atoms with E-state index in [0.29, 0.717) is 0 Å². The fraction of sp³-hybridized carbons (Fsp3) is 0.500. The molecule has 0 aliphatic heterocycles. The summed E-state index contributed by atoms with van der Waals surface area (Å²) in [5, 5.41) is 18.8. The van der Waals surface area contributed by atoms with Gasteiger partial charge in [0.1, 0.15) is 0 Å². The zero-order chi connectivity index (χ0) is 10.7. The summed E-state index contributed by atoms with van der Waals surface area (Å²) >= 11 is 0. The van der Waals surface area contributed by atoms with Gasteiger partial charge in [-0.15, -0.1) is 0 Å². The molecular weight excluding hydrogens is 190 g/mol. The van der Waals surface area contributed by atoms with E-state index in [-0.39, 0.29) is 22.5 Å². The smallest absolute Gasteiger partial charge is 0.157 e. The molecule has 2 aliphatic carbocycles. The van der Waals surface area contributed by atoms with Gasteiger partial charge < -0.3 is 15.9 Å². The summed E-state index contributed by atoms with van der Waals surface area (Å²) < 4.78 is 0. The second-order valence-corrected chi connectivity index (χ2v) is 4.94. The molecule has 0 heterocycles. The minimum atomic E-state index is -0.0589. The topological polar surface area (TPSA) is 66.5 Å². The maximum atomic E-state index is 9.49. The van der Waals surface area contributed by atoms with E-state index < -0.39 is 0 Å². The van der Waals surface area contributed by atoms with Crippen molar-refractivity contribution in [3.63, 3.8) is 0 Å². The number of aromatic hydroxyl groups is 2. The molecule has 2 fully saturated rings. The van der Waals surface area contributed by atoms with Gasteiger partial charge in [0.25, 0.3) is 0 Å². The van der Waals surface area contributed by atoms with E-state index in [2.05, 4.69) is 0 Å². The average Bonchev–Trinajstić information content (AvgIpc) is 3.05. The van der Waals surface area contributed by atoms with Gasteiger partial charge in [-0.05, 0) is 43.4 Å². The maximum absolute atomic E-state index is 9.49. The third-order valence-corrected chi connectivity index (χ3v) is 4.02. The van der Waals surface area contributed by atoms with Crippen molar-refractivity contribution in [1.29, 1.82) is 0 Å². The molecule has 0 saturated heterocycles. The summed E-state index contributed by atoms with van der Waals surface area (Å²) in [5.74, 6) is -0.0977. The van der Waals surface area contributed by atoms with E-state index in [1.165, 1.54) is 0 Å². The molecule has 4 N–H and O–H groups in total. The van der Waals surface area contributed by atoms with Crippen LogP contribution >= 0.6 is 0 Å². The van der Waals surface area contributed by atoms with Crippen LogP contribution in [0.25, 0.3) is 0 Å². The number of rotatable bonds is 2. The summed E-state index contributed by atoms with van der Waals surface area (Å²) in [7, 11) is 0. The lowest BCUT2D eigenvalue weighted by Crippen LogP contribution is -2.37. The predicted octanol–water partition coefficient (Wildman–Crippen LogP) is 1.62. The Kier molecular flexibility index (Phi) is 1.49. The Balaban J connectivity index is 2.03. The van der Waals surface area contributed by atoms with Crippen LogP contribution in [-0.4, -0.2) is 15.8 Å². The Hall–Kier alpha value is -1.22. The van der Waals surface area contributed by atoms with Crippen molar-refractivity contribution in [1.82, 2.24) is 0 Å². The number of phenols is 2. The summed E-state index contributed by atoms with van der Waals surface area (Å²) in [5.41, 5.74) is 7.38. The van der Waals surface area contributed by atoms with E-state index in [4.69, 9.17) is 5.73 Å². The Morgan fingerprint density at radius 3 is 2.13 bits per heavy atom. The van der Waals surface area contributed by atoms with Crippen LogP contribution in [-0.2, 0) is 5.41 Å². The van der Waals surface area contributed by atoms with E-state index in [1.54, 1.807) is 12.1 Å². The number of hydrogen-bond acceptors (Lipinski definition) is 3. The van der Waals surface area contributed by atoms with E-state index in [1.807, 2.05) is 6.07 Å². The molecule has 0 amide bonds. The molecule has 15 heavy (non-hydrogen) atoms.